The predicted octanol–water partition coefficient (Wildman–Crippen LogP) is 0.839. The van der Waals surface area contributed by atoms with Crippen LogP contribution in [0.5, 0.6) is 0 Å². The van der Waals surface area contributed by atoms with Crippen LogP contribution in [0.2, 0.25) is 5.15 Å². The van der Waals surface area contributed by atoms with Gasteiger partial charge >= 0.3 is 0 Å². The molecule has 1 aliphatic rings. The van der Waals surface area contributed by atoms with E-state index in [-0.39, 0.29) is 13.2 Å². The average molecular weight is 240 g/mol. The van der Waals surface area contributed by atoms with Crippen LogP contribution in [-0.4, -0.2) is 32.9 Å². The summed E-state index contributed by atoms with van der Waals surface area (Å²) in [7, 11) is 1.86. The van der Waals surface area contributed by atoms with Crippen molar-refractivity contribution in [2.24, 2.45) is 7.05 Å². The number of aliphatic hydroxyl groups is 1. The third kappa shape index (κ3) is 1.19. The highest BCUT2D eigenvalue weighted by atomic mass is 35.5. The van der Waals surface area contributed by atoms with Crippen LogP contribution in [0.25, 0.3) is 11.0 Å². The van der Waals surface area contributed by atoms with Crippen LogP contribution in [0.15, 0.2) is 12.5 Å². The maximum atomic E-state index is 10.3. The Kier molecular flexibility index (Phi) is 1.98. The van der Waals surface area contributed by atoms with Crippen molar-refractivity contribution >= 4 is 22.6 Å². The molecular formula is C10H10ClN3O2. The van der Waals surface area contributed by atoms with Crippen LogP contribution < -0.4 is 0 Å². The molecule has 0 atom stereocenters. The van der Waals surface area contributed by atoms with Crippen LogP contribution in [0.1, 0.15) is 5.56 Å². The highest BCUT2D eigenvalue weighted by molar-refractivity contribution is 6.34. The largest absolute Gasteiger partial charge is 0.380 e. The van der Waals surface area contributed by atoms with Crippen molar-refractivity contribution in [2.45, 2.75) is 5.60 Å². The molecule has 84 valence electrons. The molecule has 0 aliphatic carbocycles. The van der Waals surface area contributed by atoms with Gasteiger partial charge in [-0.2, -0.15) is 0 Å². The number of hydrogen-bond donors (Lipinski definition) is 1. The highest BCUT2D eigenvalue weighted by Crippen LogP contribution is 2.36. The van der Waals surface area contributed by atoms with Gasteiger partial charge in [0, 0.05) is 18.8 Å². The van der Waals surface area contributed by atoms with Gasteiger partial charge in [0.2, 0.25) is 0 Å². The Balaban J connectivity index is 2.33. The molecule has 1 aliphatic heterocycles. The van der Waals surface area contributed by atoms with Crippen LogP contribution in [0.3, 0.4) is 0 Å². The summed E-state index contributed by atoms with van der Waals surface area (Å²) >= 11 is 6.05. The Hall–Kier alpha value is -1.17. The minimum absolute atomic E-state index is 0.289. The van der Waals surface area contributed by atoms with E-state index in [0.29, 0.717) is 10.5 Å². The van der Waals surface area contributed by atoms with Crippen LogP contribution >= 0.6 is 11.6 Å². The Bertz CT molecular complexity index is 562. The van der Waals surface area contributed by atoms with Crippen LogP contribution in [0.4, 0.5) is 0 Å². The molecule has 0 bridgehead atoms. The molecule has 5 nitrogen and oxygen atoms in total. The molecule has 0 saturated carbocycles. The first-order valence-electron chi connectivity index (χ1n) is 4.88. The summed E-state index contributed by atoms with van der Waals surface area (Å²) in [6.07, 6.45) is 3.24. The molecule has 1 N–H and O–H groups in total. The summed E-state index contributed by atoms with van der Waals surface area (Å²) in [5.74, 6) is 0. The summed E-state index contributed by atoms with van der Waals surface area (Å²) in [5.41, 5.74) is 0.505. The number of halogens is 1. The Labute approximate surface area is 96.6 Å². The van der Waals surface area contributed by atoms with Crippen LogP contribution in [0, 0.1) is 0 Å². The van der Waals surface area contributed by atoms with Gasteiger partial charge in [-0.15, -0.1) is 0 Å². The Morgan fingerprint density at radius 1 is 1.50 bits per heavy atom. The van der Waals surface area contributed by atoms with Gasteiger partial charge in [-0.1, -0.05) is 11.6 Å². The van der Waals surface area contributed by atoms with Gasteiger partial charge in [-0.3, -0.25) is 0 Å². The predicted molar refractivity (Wildman–Crippen MR) is 58.2 cm³/mol. The summed E-state index contributed by atoms with van der Waals surface area (Å²) < 4.78 is 6.88. The monoisotopic (exact) mass is 239 g/mol. The standard InChI is InChI=1S/C10H10ClN3O2/c1-14-2-6(10(15)3-16-4-10)7-8(11)12-5-13-9(7)14/h2,5,15H,3-4H2,1H3. The lowest BCUT2D eigenvalue weighted by molar-refractivity contribution is -0.183. The van der Waals surface area contributed by atoms with Gasteiger partial charge in [0.15, 0.2) is 0 Å². The molecule has 16 heavy (non-hydrogen) atoms. The summed E-state index contributed by atoms with van der Waals surface area (Å²) in [6.45, 7) is 0.578. The molecule has 0 spiro atoms. The van der Waals surface area contributed by atoms with Gasteiger partial charge in [0.05, 0.1) is 18.6 Å². The number of nitrogens with zero attached hydrogens (tertiary/aromatic N) is 3. The van der Waals surface area contributed by atoms with E-state index in [4.69, 9.17) is 16.3 Å². The fourth-order valence-electron chi connectivity index (χ4n) is 1.98. The van der Waals surface area contributed by atoms with E-state index < -0.39 is 5.60 Å². The minimum Gasteiger partial charge on any atom is -0.380 e. The third-order valence-corrected chi connectivity index (χ3v) is 3.18. The second kappa shape index (κ2) is 3.16. The molecule has 3 heterocycles. The topological polar surface area (TPSA) is 60.2 Å². The van der Waals surface area contributed by atoms with E-state index >= 15 is 0 Å². The number of ether oxygens (including phenoxy) is 1. The lowest BCUT2D eigenvalue weighted by Crippen LogP contribution is -2.46. The molecule has 0 unspecified atom stereocenters. The fourth-order valence-corrected chi connectivity index (χ4v) is 2.21. The smallest absolute Gasteiger partial charge is 0.144 e. The second-order valence-corrected chi connectivity index (χ2v) is 4.40. The molecular weight excluding hydrogens is 230 g/mol. The SMILES string of the molecule is Cn1cc(C2(O)COC2)c2c(Cl)ncnc21. The quantitative estimate of drug-likeness (QED) is 0.750. The zero-order valence-corrected chi connectivity index (χ0v) is 9.40. The van der Waals surface area contributed by atoms with Crippen molar-refractivity contribution in [3.63, 3.8) is 0 Å². The van der Waals surface area contributed by atoms with Crippen molar-refractivity contribution in [1.29, 1.82) is 0 Å². The number of aromatic nitrogens is 3. The van der Waals surface area contributed by atoms with Gasteiger partial charge < -0.3 is 14.4 Å². The van der Waals surface area contributed by atoms with Gasteiger partial charge in [-0.05, 0) is 0 Å². The molecule has 1 saturated heterocycles. The van der Waals surface area contributed by atoms with E-state index in [2.05, 4.69) is 9.97 Å². The highest BCUT2D eigenvalue weighted by Gasteiger charge is 2.41. The number of aryl methyl sites for hydroxylation is 1. The Morgan fingerprint density at radius 3 is 2.88 bits per heavy atom. The first-order valence-corrected chi connectivity index (χ1v) is 5.26. The average Bonchev–Trinajstić information content (AvgIpc) is 2.55. The third-order valence-electron chi connectivity index (χ3n) is 2.89. The van der Waals surface area contributed by atoms with E-state index in [9.17, 15) is 5.11 Å². The van der Waals surface area contributed by atoms with Crippen molar-refractivity contribution in [1.82, 2.24) is 14.5 Å². The van der Waals surface area contributed by atoms with E-state index in [1.54, 1.807) is 0 Å². The van der Waals surface area contributed by atoms with E-state index in [0.717, 1.165) is 11.2 Å². The number of hydrogen-bond acceptors (Lipinski definition) is 4. The maximum absolute atomic E-state index is 10.3. The van der Waals surface area contributed by atoms with Crippen molar-refractivity contribution < 1.29 is 9.84 Å². The molecule has 2 aromatic rings. The van der Waals surface area contributed by atoms with E-state index in [1.165, 1.54) is 6.33 Å². The lowest BCUT2D eigenvalue weighted by atomic mass is 9.93. The second-order valence-electron chi connectivity index (χ2n) is 4.04. The first kappa shape index (κ1) is 10.0. The summed E-state index contributed by atoms with van der Waals surface area (Å²) in [6, 6.07) is 0. The Morgan fingerprint density at radius 2 is 2.25 bits per heavy atom. The molecule has 2 aromatic heterocycles. The summed E-state index contributed by atoms with van der Waals surface area (Å²) in [4.78, 5) is 8.09. The normalized spacial score (nSPS) is 18.7. The number of fused-ring (bicyclic) bond motifs is 1. The zero-order valence-electron chi connectivity index (χ0n) is 8.64. The minimum atomic E-state index is -0.951. The van der Waals surface area contributed by atoms with Crippen LogP contribution in [-0.2, 0) is 17.4 Å². The molecule has 0 aromatic carbocycles. The molecule has 0 amide bonds. The van der Waals surface area contributed by atoms with Gasteiger partial charge in [-0.25, -0.2) is 9.97 Å². The lowest BCUT2D eigenvalue weighted by Gasteiger charge is -2.36. The fraction of sp³-hybridized carbons (Fsp3) is 0.400. The molecule has 1 fully saturated rings. The molecule has 6 heteroatoms. The van der Waals surface area contributed by atoms with Crippen molar-refractivity contribution in [3.05, 3.63) is 23.2 Å². The van der Waals surface area contributed by atoms with Gasteiger partial charge in [0.25, 0.3) is 0 Å². The van der Waals surface area contributed by atoms with Crippen molar-refractivity contribution in [3.8, 4) is 0 Å². The number of rotatable bonds is 1. The zero-order chi connectivity index (χ0) is 11.3. The van der Waals surface area contributed by atoms with Gasteiger partial charge in [0.1, 0.15) is 22.7 Å². The first-order chi connectivity index (χ1) is 7.62. The van der Waals surface area contributed by atoms with Crippen molar-refractivity contribution in [2.75, 3.05) is 13.2 Å². The molecule has 0 radical (unpaired) electrons. The maximum Gasteiger partial charge on any atom is 0.144 e. The summed E-state index contributed by atoms with van der Waals surface area (Å²) in [5, 5.41) is 11.3. The molecule has 3 rings (SSSR count). The van der Waals surface area contributed by atoms with E-state index in [1.807, 2.05) is 17.8 Å².